The van der Waals surface area contributed by atoms with Crippen molar-refractivity contribution in [1.29, 1.82) is 0 Å². The number of hydrogen-bond donors (Lipinski definition) is 0. The predicted molar refractivity (Wildman–Crippen MR) is 107 cm³/mol. The van der Waals surface area contributed by atoms with Crippen LogP contribution in [0.2, 0.25) is 0 Å². The molecule has 6 heteroatoms. The zero-order chi connectivity index (χ0) is 18.4. The summed E-state index contributed by atoms with van der Waals surface area (Å²) in [5.74, 6) is 2.75. The Kier molecular flexibility index (Phi) is 4.06. The van der Waals surface area contributed by atoms with E-state index in [1.165, 1.54) is 18.5 Å². The van der Waals surface area contributed by atoms with Gasteiger partial charge in [0.2, 0.25) is 0 Å². The van der Waals surface area contributed by atoms with Gasteiger partial charge in [-0.2, -0.15) is 0 Å². The molecule has 0 saturated carbocycles. The number of piperidine rings is 1. The van der Waals surface area contributed by atoms with Crippen molar-refractivity contribution >= 4 is 17.3 Å². The second-order valence-electron chi connectivity index (χ2n) is 8.06. The number of aromatic nitrogens is 3. The molecule has 6 nitrogen and oxygen atoms in total. The Morgan fingerprint density at radius 2 is 2.04 bits per heavy atom. The summed E-state index contributed by atoms with van der Waals surface area (Å²) in [4.78, 5) is 23.8. The normalized spacial score (nSPS) is 24.4. The minimum Gasteiger partial charge on any atom is -0.353 e. The SMILES string of the molecule is C[C@@H]1CCN(c2cnc3c(n2)CN=C3N2CCCc3ncccc32)[C@@H](C)C1. The van der Waals surface area contributed by atoms with Gasteiger partial charge in [0.15, 0.2) is 5.84 Å². The topological polar surface area (TPSA) is 57.5 Å². The van der Waals surface area contributed by atoms with Crippen LogP contribution in [0.1, 0.15) is 50.2 Å². The van der Waals surface area contributed by atoms with Crippen LogP contribution in [0.4, 0.5) is 11.5 Å². The lowest BCUT2D eigenvalue weighted by atomic mass is 9.93. The average Bonchev–Trinajstić information content (AvgIpc) is 3.10. The van der Waals surface area contributed by atoms with Crippen LogP contribution in [0.5, 0.6) is 0 Å². The average molecular weight is 362 g/mol. The first-order valence-corrected chi connectivity index (χ1v) is 10.1. The predicted octanol–water partition coefficient (Wildman–Crippen LogP) is 3.21. The van der Waals surface area contributed by atoms with Crippen molar-refractivity contribution in [2.75, 3.05) is 22.9 Å². The van der Waals surface area contributed by atoms with E-state index in [2.05, 4.69) is 34.7 Å². The lowest BCUT2D eigenvalue weighted by Gasteiger charge is -2.37. The number of aryl methyl sites for hydroxylation is 1. The first-order valence-electron chi connectivity index (χ1n) is 10.1. The maximum Gasteiger partial charge on any atom is 0.156 e. The van der Waals surface area contributed by atoms with Gasteiger partial charge in [-0.15, -0.1) is 0 Å². The van der Waals surface area contributed by atoms with Crippen molar-refractivity contribution in [2.45, 2.75) is 52.1 Å². The third-order valence-corrected chi connectivity index (χ3v) is 6.06. The van der Waals surface area contributed by atoms with Crippen LogP contribution < -0.4 is 9.80 Å². The molecule has 1 fully saturated rings. The molecule has 5 rings (SSSR count). The van der Waals surface area contributed by atoms with Gasteiger partial charge < -0.3 is 9.80 Å². The number of rotatable bonds is 1. The van der Waals surface area contributed by atoms with E-state index in [4.69, 9.17) is 15.0 Å². The highest BCUT2D eigenvalue weighted by Gasteiger charge is 2.30. The standard InChI is InChI=1S/C21H26N6/c1-14-7-10-26(15(2)11-14)19-13-23-20-17(25-19)12-24-21(20)27-9-4-5-16-18(27)6-3-8-22-16/h3,6,8,13-15H,4-5,7,9-12H2,1-2H3/t14-,15+/m1/s1. The van der Waals surface area contributed by atoms with Gasteiger partial charge in [0.25, 0.3) is 0 Å². The highest BCUT2D eigenvalue weighted by atomic mass is 15.3. The van der Waals surface area contributed by atoms with E-state index >= 15 is 0 Å². The Balaban J connectivity index is 1.44. The molecule has 0 radical (unpaired) electrons. The van der Waals surface area contributed by atoms with Crippen molar-refractivity contribution in [3.05, 3.63) is 41.6 Å². The van der Waals surface area contributed by atoms with Crippen LogP contribution in [0, 0.1) is 5.92 Å². The number of fused-ring (bicyclic) bond motifs is 2. The van der Waals surface area contributed by atoms with Crippen LogP contribution in [0.15, 0.2) is 29.5 Å². The molecule has 0 bridgehead atoms. The Labute approximate surface area is 160 Å². The van der Waals surface area contributed by atoms with Gasteiger partial charge in [0, 0.05) is 25.3 Å². The van der Waals surface area contributed by atoms with E-state index in [0.29, 0.717) is 12.6 Å². The number of hydrogen-bond acceptors (Lipinski definition) is 6. The Morgan fingerprint density at radius 1 is 1.11 bits per heavy atom. The van der Waals surface area contributed by atoms with Crippen LogP contribution in [0.25, 0.3) is 0 Å². The molecule has 140 valence electrons. The lowest BCUT2D eigenvalue weighted by Crippen LogP contribution is -2.41. The molecule has 3 aliphatic rings. The molecule has 0 amide bonds. The van der Waals surface area contributed by atoms with Gasteiger partial charge in [-0.25, -0.2) is 9.97 Å². The van der Waals surface area contributed by atoms with Crippen LogP contribution in [0.3, 0.4) is 0 Å². The number of aliphatic imine (C=N–C) groups is 1. The molecule has 2 aromatic heterocycles. The Bertz CT molecular complexity index is 892. The third-order valence-electron chi connectivity index (χ3n) is 6.06. The Morgan fingerprint density at radius 3 is 2.93 bits per heavy atom. The molecule has 0 spiro atoms. The molecule has 0 unspecified atom stereocenters. The van der Waals surface area contributed by atoms with E-state index in [9.17, 15) is 0 Å². The lowest BCUT2D eigenvalue weighted by molar-refractivity contribution is 0.375. The summed E-state index contributed by atoms with van der Waals surface area (Å²) in [5.41, 5.74) is 4.26. The number of anilines is 2. The molecular formula is C21H26N6. The van der Waals surface area contributed by atoms with Crippen molar-refractivity contribution in [3.63, 3.8) is 0 Å². The van der Waals surface area contributed by atoms with E-state index in [1.807, 2.05) is 18.5 Å². The van der Waals surface area contributed by atoms with Crippen molar-refractivity contribution in [1.82, 2.24) is 15.0 Å². The van der Waals surface area contributed by atoms with E-state index in [-0.39, 0.29) is 0 Å². The summed E-state index contributed by atoms with van der Waals surface area (Å²) in [6.07, 6.45) is 8.39. The number of pyridine rings is 1. The monoisotopic (exact) mass is 362 g/mol. The van der Waals surface area contributed by atoms with Crippen molar-refractivity contribution < 1.29 is 0 Å². The highest BCUT2D eigenvalue weighted by Crippen LogP contribution is 2.31. The molecule has 1 saturated heterocycles. The smallest absolute Gasteiger partial charge is 0.156 e. The number of amidine groups is 1. The van der Waals surface area contributed by atoms with Gasteiger partial charge >= 0.3 is 0 Å². The van der Waals surface area contributed by atoms with E-state index in [0.717, 1.165) is 60.6 Å². The largest absolute Gasteiger partial charge is 0.353 e. The molecule has 2 aromatic rings. The second kappa shape index (κ2) is 6.59. The molecule has 27 heavy (non-hydrogen) atoms. The molecule has 2 atom stereocenters. The molecule has 3 aliphatic heterocycles. The van der Waals surface area contributed by atoms with Crippen LogP contribution >= 0.6 is 0 Å². The molecule has 0 aliphatic carbocycles. The minimum atomic E-state index is 0.517. The first kappa shape index (κ1) is 16.7. The van der Waals surface area contributed by atoms with Gasteiger partial charge in [0.1, 0.15) is 11.5 Å². The third kappa shape index (κ3) is 2.87. The van der Waals surface area contributed by atoms with Crippen LogP contribution in [-0.4, -0.2) is 39.9 Å². The van der Waals surface area contributed by atoms with Gasteiger partial charge in [-0.1, -0.05) is 6.92 Å². The highest BCUT2D eigenvalue weighted by molar-refractivity contribution is 6.11. The van der Waals surface area contributed by atoms with Crippen molar-refractivity contribution in [3.8, 4) is 0 Å². The van der Waals surface area contributed by atoms with Crippen LogP contribution in [-0.2, 0) is 13.0 Å². The maximum absolute atomic E-state index is 4.96. The fraction of sp³-hybridized carbons (Fsp3) is 0.524. The van der Waals surface area contributed by atoms with Gasteiger partial charge in [-0.05, 0) is 50.7 Å². The zero-order valence-electron chi connectivity index (χ0n) is 16.1. The number of nitrogens with zero attached hydrogens (tertiary/aromatic N) is 6. The first-order chi connectivity index (χ1) is 13.2. The molecule has 0 aromatic carbocycles. The summed E-state index contributed by atoms with van der Waals surface area (Å²) in [6, 6.07) is 4.66. The summed E-state index contributed by atoms with van der Waals surface area (Å²) >= 11 is 0. The maximum atomic E-state index is 4.96. The molecule has 0 N–H and O–H groups in total. The van der Waals surface area contributed by atoms with E-state index in [1.54, 1.807) is 0 Å². The minimum absolute atomic E-state index is 0.517. The van der Waals surface area contributed by atoms with Gasteiger partial charge in [-0.3, -0.25) is 9.98 Å². The quantitative estimate of drug-likeness (QED) is 0.780. The fourth-order valence-corrected chi connectivity index (χ4v) is 4.65. The Hall–Kier alpha value is -2.50. The molecule has 5 heterocycles. The molecular weight excluding hydrogens is 336 g/mol. The fourth-order valence-electron chi connectivity index (χ4n) is 4.65. The zero-order valence-corrected chi connectivity index (χ0v) is 16.1. The summed E-state index contributed by atoms with van der Waals surface area (Å²) in [5, 5.41) is 0. The van der Waals surface area contributed by atoms with E-state index < -0.39 is 0 Å². The van der Waals surface area contributed by atoms with Gasteiger partial charge in [0.05, 0.1) is 29.8 Å². The van der Waals surface area contributed by atoms with Crippen molar-refractivity contribution in [2.24, 2.45) is 10.9 Å². The summed E-state index contributed by atoms with van der Waals surface area (Å²) < 4.78 is 0. The second-order valence-corrected chi connectivity index (χ2v) is 8.06. The summed E-state index contributed by atoms with van der Waals surface area (Å²) in [7, 11) is 0. The summed E-state index contributed by atoms with van der Waals surface area (Å²) in [6.45, 7) is 7.28.